The van der Waals surface area contributed by atoms with Gasteiger partial charge in [0.25, 0.3) is 0 Å². The van der Waals surface area contributed by atoms with E-state index in [-0.39, 0.29) is 5.12 Å². The van der Waals surface area contributed by atoms with Crippen LogP contribution in [0.2, 0.25) is 0 Å². The van der Waals surface area contributed by atoms with Gasteiger partial charge in [-0.2, -0.15) is 0 Å². The number of benzene rings is 1. The molecule has 1 aromatic rings. The van der Waals surface area contributed by atoms with Crippen molar-refractivity contribution in [2.24, 2.45) is 5.73 Å². The van der Waals surface area contributed by atoms with Crippen LogP contribution in [0.1, 0.15) is 11.6 Å². The summed E-state index contributed by atoms with van der Waals surface area (Å²) in [6.07, 6.45) is 0. The summed E-state index contributed by atoms with van der Waals surface area (Å²) >= 11 is 4.56. The van der Waals surface area contributed by atoms with Crippen LogP contribution in [-0.4, -0.2) is 5.12 Å². The van der Waals surface area contributed by atoms with Crippen molar-refractivity contribution in [3.05, 3.63) is 28.2 Å². The second-order valence-electron chi connectivity index (χ2n) is 2.58. The number of fused-ring (bicyclic) bond motifs is 1. The van der Waals surface area contributed by atoms with E-state index in [0.717, 1.165) is 14.9 Å². The number of carbonyl (C=O) groups is 1. The monoisotopic (exact) mass is 243 g/mol. The zero-order valence-corrected chi connectivity index (χ0v) is 8.48. The molecular formula is C8H6BrNOS. The number of hydrogen-bond acceptors (Lipinski definition) is 3. The zero-order valence-electron chi connectivity index (χ0n) is 6.08. The summed E-state index contributed by atoms with van der Waals surface area (Å²) in [6.45, 7) is 0. The van der Waals surface area contributed by atoms with Gasteiger partial charge in [0.15, 0.2) is 0 Å². The van der Waals surface area contributed by atoms with Crippen LogP contribution < -0.4 is 5.73 Å². The lowest BCUT2D eigenvalue weighted by molar-refractivity contribution is -0.111. The van der Waals surface area contributed by atoms with Crippen LogP contribution in [0.3, 0.4) is 0 Å². The lowest BCUT2D eigenvalue weighted by Gasteiger charge is -2.00. The Bertz CT molecular complexity index is 353. The highest BCUT2D eigenvalue weighted by atomic mass is 79.9. The quantitative estimate of drug-likeness (QED) is 0.759. The van der Waals surface area contributed by atoms with Gasteiger partial charge < -0.3 is 5.73 Å². The molecule has 0 aromatic heterocycles. The van der Waals surface area contributed by atoms with Gasteiger partial charge in [-0.15, -0.1) is 0 Å². The third-order valence-corrected chi connectivity index (χ3v) is 3.30. The van der Waals surface area contributed by atoms with Crippen molar-refractivity contribution in [3.8, 4) is 0 Å². The second-order valence-corrected chi connectivity index (χ2v) is 4.54. The lowest BCUT2D eigenvalue weighted by Crippen LogP contribution is -2.13. The van der Waals surface area contributed by atoms with E-state index in [1.165, 1.54) is 11.8 Å². The van der Waals surface area contributed by atoms with Crippen LogP contribution in [0.4, 0.5) is 0 Å². The fourth-order valence-corrected chi connectivity index (χ4v) is 2.63. The molecule has 2 rings (SSSR count). The summed E-state index contributed by atoms with van der Waals surface area (Å²) < 4.78 is 0.982. The van der Waals surface area contributed by atoms with Crippen molar-refractivity contribution < 1.29 is 4.79 Å². The molecule has 2 N–H and O–H groups in total. The maximum atomic E-state index is 11.2. The number of rotatable bonds is 0. The van der Waals surface area contributed by atoms with Crippen molar-refractivity contribution in [1.82, 2.24) is 0 Å². The van der Waals surface area contributed by atoms with Gasteiger partial charge in [-0.05, 0) is 29.5 Å². The predicted molar refractivity (Wildman–Crippen MR) is 51.9 cm³/mol. The van der Waals surface area contributed by atoms with E-state index >= 15 is 0 Å². The van der Waals surface area contributed by atoms with Crippen LogP contribution in [-0.2, 0) is 4.79 Å². The molecule has 1 aliphatic heterocycles. The fourth-order valence-electron chi connectivity index (χ4n) is 1.15. The molecule has 2 nitrogen and oxygen atoms in total. The molecule has 1 aliphatic rings. The van der Waals surface area contributed by atoms with Crippen molar-refractivity contribution >= 4 is 32.8 Å². The Balaban J connectivity index is 2.54. The number of carbonyl (C=O) groups excluding carboxylic acids is 1. The van der Waals surface area contributed by atoms with Crippen molar-refractivity contribution in [1.29, 1.82) is 0 Å². The van der Waals surface area contributed by atoms with Gasteiger partial charge in [-0.25, -0.2) is 0 Å². The Labute approximate surface area is 82.6 Å². The highest BCUT2D eigenvalue weighted by molar-refractivity contribution is 9.10. The molecular weight excluding hydrogens is 238 g/mol. The number of hydrogen-bond donors (Lipinski definition) is 1. The smallest absolute Gasteiger partial charge is 0.214 e. The van der Waals surface area contributed by atoms with Gasteiger partial charge in [0.2, 0.25) is 5.12 Å². The molecule has 0 spiro atoms. The topological polar surface area (TPSA) is 43.1 Å². The maximum absolute atomic E-state index is 11.2. The lowest BCUT2D eigenvalue weighted by atomic mass is 10.1. The highest BCUT2D eigenvalue weighted by Gasteiger charge is 2.28. The Morgan fingerprint density at radius 2 is 2.25 bits per heavy atom. The van der Waals surface area contributed by atoms with E-state index < -0.39 is 6.04 Å². The van der Waals surface area contributed by atoms with Crippen molar-refractivity contribution in [3.63, 3.8) is 0 Å². The largest absolute Gasteiger partial charge is 0.317 e. The van der Waals surface area contributed by atoms with Crippen molar-refractivity contribution in [2.75, 3.05) is 0 Å². The summed E-state index contributed by atoms with van der Waals surface area (Å²) in [7, 11) is 0. The standard InChI is InChI=1S/C8H6BrNOS/c9-4-1-2-5-6(3-4)12-8(11)7(5)10/h1-3,7H,10H2. The summed E-state index contributed by atoms with van der Waals surface area (Å²) in [6, 6.07) is 5.28. The van der Waals surface area contributed by atoms with Crippen molar-refractivity contribution in [2.45, 2.75) is 10.9 Å². The molecule has 0 amide bonds. The molecule has 0 aliphatic carbocycles. The first-order valence-corrected chi connectivity index (χ1v) is 5.06. The van der Waals surface area contributed by atoms with Crippen LogP contribution in [0, 0.1) is 0 Å². The molecule has 0 bridgehead atoms. The average molecular weight is 244 g/mol. The van der Waals surface area contributed by atoms with E-state index in [1.54, 1.807) is 0 Å². The van der Waals surface area contributed by atoms with Gasteiger partial charge in [0.1, 0.15) is 6.04 Å². The normalized spacial score (nSPS) is 21.2. The average Bonchev–Trinajstić information content (AvgIpc) is 2.28. The minimum Gasteiger partial charge on any atom is -0.317 e. The molecule has 12 heavy (non-hydrogen) atoms. The first-order chi connectivity index (χ1) is 5.68. The minimum atomic E-state index is -0.432. The highest BCUT2D eigenvalue weighted by Crippen LogP contribution is 2.39. The Hall–Kier alpha value is -0.320. The van der Waals surface area contributed by atoms with E-state index in [2.05, 4.69) is 15.9 Å². The molecule has 1 aromatic carbocycles. The molecule has 0 saturated carbocycles. The maximum Gasteiger partial charge on any atom is 0.214 e. The SMILES string of the molecule is NC1C(=O)Sc2cc(Br)ccc21. The van der Waals surface area contributed by atoms with Crippen LogP contribution in [0.15, 0.2) is 27.6 Å². The third kappa shape index (κ3) is 1.20. The molecule has 0 radical (unpaired) electrons. The summed E-state index contributed by atoms with van der Waals surface area (Å²) in [5.41, 5.74) is 6.59. The molecule has 1 atom stereocenters. The van der Waals surface area contributed by atoms with Gasteiger partial charge in [0.05, 0.1) is 0 Å². The van der Waals surface area contributed by atoms with Gasteiger partial charge in [-0.1, -0.05) is 22.0 Å². The van der Waals surface area contributed by atoms with Crippen LogP contribution in [0.25, 0.3) is 0 Å². The Morgan fingerprint density at radius 3 is 3.00 bits per heavy atom. The van der Waals surface area contributed by atoms with E-state index in [9.17, 15) is 4.79 Å². The van der Waals surface area contributed by atoms with Crippen LogP contribution >= 0.6 is 27.7 Å². The molecule has 4 heteroatoms. The zero-order chi connectivity index (χ0) is 8.72. The molecule has 0 saturated heterocycles. The molecule has 62 valence electrons. The molecule has 1 unspecified atom stereocenters. The first kappa shape index (κ1) is 8.29. The van der Waals surface area contributed by atoms with Gasteiger partial charge in [-0.3, -0.25) is 4.79 Å². The Morgan fingerprint density at radius 1 is 1.50 bits per heavy atom. The van der Waals surface area contributed by atoms with Crippen LogP contribution in [0.5, 0.6) is 0 Å². The first-order valence-electron chi connectivity index (χ1n) is 3.45. The van der Waals surface area contributed by atoms with E-state index in [4.69, 9.17) is 5.73 Å². The summed E-state index contributed by atoms with van der Waals surface area (Å²) in [4.78, 5) is 12.1. The minimum absolute atomic E-state index is 0.0306. The third-order valence-electron chi connectivity index (χ3n) is 1.78. The molecule has 1 heterocycles. The fraction of sp³-hybridized carbons (Fsp3) is 0.125. The number of halogens is 1. The predicted octanol–water partition coefficient (Wildman–Crippen LogP) is 2.08. The summed E-state index contributed by atoms with van der Waals surface area (Å²) in [5.74, 6) is 0. The number of thioether (sulfide) groups is 1. The van der Waals surface area contributed by atoms with E-state index in [0.29, 0.717) is 0 Å². The molecule has 0 fully saturated rings. The Kier molecular flexibility index (Phi) is 1.98. The number of nitrogens with two attached hydrogens (primary N) is 1. The van der Waals surface area contributed by atoms with Gasteiger partial charge >= 0.3 is 0 Å². The second kappa shape index (κ2) is 2.87. The van der Waals surface area contributed by atoms with E-state index in [1.807, 2.05) is 18.2 Å². The van der Waals surface area contributed by atoms with Gasteiger partial charge in [0, 0.05) is 9.37 Å². The summed E-state index contributed by atoms with van der Waals surface area (Å²) in [5, 5.41) is 0.0306.